The number of nitrogen functional groups attached to an aromatic ring is 1. The summed E-state index contributed by atoms with van der Waals surface area (Å²) in [5, 5.41) is 25.5. The molecule has 0 bridgehead atoms. The molecule has 1 heterocycles. The average molecular weight is 427 g/mol. The van der Waals surface area contributed by atoms with Gasteiger partial charge in [-0.15, -0.1) is 0 Å². The maximum Gasteiger partial charge on any atom is 0.414 e. The van der Waals surface area contributed by atoms with Crippen molar-refractivity contribution in [2.75, 3.05) is 18.1 Å². The lowest BCUT2D eigenvalue weighted by Gasteiger charge is -2.15. The monoisotopic (exact) mass is 427 g/mol. The van der Waals surface area contributed by atoms with Crippen LogP contribution in [0.4, 0.5) is 10.5 Å². The van der Waals surface area contributed by atoms with Crippen molar-refractivity contribution in [1.82, 2.24) is 0 Å². The summed E-state index contributed by atoms with van der Waals surface area (Å²) in [6.07, 6.45) is -1.70. The largest absolute Gasteiger partial charge is 0.489 e. The minimum atomic E-state index is -1.08. The first-order valence-corrected chi connectivity index (χ1v) is 9.33. The molecule has 0 aromatic heterocycles. The molecule has 5 N–H and O–H groups in total. The maximum absolute atomic E-state index is 12.2. The number of nitrogens with zero attached hydrogens (tertiary/aromatic N) is 1. The molecule has 10 nitrogen and oxygen atoms in total. The molecule has 1 aliphatic rings. The zero-order chi connectivity index (χ0) is 22.5. The number of aliphatic carboxylic acids is 2. The molecule has 0 radical (unpaired) electrons. The van der Waals surface area contributed by atoms with Gasteiger partial charge in [-0.25, -0.2) is 4.79 Å². The van der Waals surface area contributed by atoms with Gasteiger partial charge in [0.2, 0.25) is 0 Å². The molecule has 1 saturated heterocycles. The Morgan fingerprint density at radius 2 is 1.81 bits per heavy atom. The lowest BCUT2D eigenvalue weighted by molar-refractivity contribution is -0.137. The number of carboxylic acid groups (broad SMARTS) is 2. The Bertz CT molecular complexity index is 1020. The van der Waals surface area contributed by atoms with E-state index in [1.807, 2.05) is 0 Å². The molecule has 1 aliphatic heterocycles. The highest BCUT2D eigenvalue weighted by atomic mass is 16.6. The van der Waals surface area contributed by atoms with Crippen LogP contribution in [0.2, 0.25) is 0 Å². The van der Waals surface area contributed by atoms with Gasteiger partial charge in [0.1, 0.15) is 18.2 Å². The minimum absolute atomic E-state index is 0.00132. The van der Waals surface area contributed by atoms with E-state index in [1.54, 1.807) is 30.3 Å². The third-order valence-corrected chi connectivity index (χ3v) is 4.61. The normalized spacial score (nSPS) is 15.4. The molecule has 2 aromatic rings. The number of rotatable bonds is 9. The molecule has 2 aromatic carbocycles. The Hall–Kier alpha value is -4.08. The molecule has 31 heavy (non-hydrogen) atoms. The van der Waals surface area contributed by atoms with Crippen molar-refractivity contribution in [1.29, 1.82) is 5.41 Å². The number of cyclic esters (lactones) is 1. The number of carboxylic acids is 2. The second-order valence-electron chi connectivity index (χ2n) is 6.97. The van der Waals surface area contributed by atoms with E-state index in [0.717, 1.165) is 0 Å². The van der Waals surface area contributed by atoms with Gasteiger partial charge in [-0.3, -0.25) is 19.9 Å². The van der Waals surface area contributed by atoms with E-state index >= 15 is 0 Å². The number of carbonyl (C=O) groups is 3. The molecule has 10 heteroatoms. The van der Waals surface area contributed by atoms with Gasteiger partial charge in [0.05, 0.1) is 19.4 Å². The minimum Gasteiger partial charge on any atom is -0.489 e. The Balaban J connectivity index is 1.67. The second kappa shape index (κ2) is 9.16. The number of amides is 1. The highest BCUT2D eigenvalue weighted by Crippen LogP contribution is 2.25. The van der Waals surface area contributed by atoms with E-state index in [9.17, 15) is 14.4 Å². The number of ether oxygens (including phenoxy) is 2. The van der Waals surface area contributed by atoms with Crippen molar-refractivity contribution in [2.24, 2.45) is 5.73 Å². The fourth-order valence-electron chi connectivity index (χ4n) is 3.18. The van der Waals surface area contributed by atoms with Crippen LogP contribution in [0, 0.1) is 5.41 Å². The number of amidine groups is 1. The first-order valence-electron chi connectivity index (χ1n) is 9.33. The van der Waals surface area contributed by atoms with Gasteiger partial charge in [0, 0.05) is 16.8 Å². The van der Waals surface area contributed by atoms with Gasteiger partial charge in [-0.2, -0.15) is 0 Å². The summed E-state index contributed by atoms with van der Waals surface area (Å²) in [7, 11) is 0. The van der Waals surface area contributed by atoms with Gasteiger partial charge in [-0.05, 0) is 35.9 Å². The Kier molecular flexibility index (Phi) is 6.39. The molecule has 1 amide bonds. The third kappa shape index (κ3) is 5.50. The fraction of sp³-hybridized carbons (Fsp3) is 0.238. The summed E-state index contributed by atoms with van der Waals surface area (Å²) in [5.41, 5.74) is 7.36. The van der Waals surface area contributed by atoms with Crippen LogP contribution in [0.25, 0.3) is 0 Å². The van der Waals surface area contributed by atoms with Gasteiger partial charge >= 0.3 is 18.0 Å². The van der Waals surface area contributed by atoms with Crippen molar-refractivity contribution in [2.45, 2.75) is 18.9 Å². The van der Waals surface area contributed by atoms with E-state index in [4.69, 9.17) is 30.8 Å². The molecule has 3 rings (SSSR count). The molecule has 0 saturated carbocycles. The Morgan fingerprint density at radius 1 is 1.13 bits per heavy atom. The van der Waals surface area contributed by atoms with Crippen LogP contribution in [0.5, 0.6) is 5.75 Å². The summed E-state index contributed by atoms with van der Waals surface area (Å²) in [6, 6.07) is 11.1. The number of hydrogen-bond acceptors (Lipinski definition) is 6. The van der Waals surface area contributed by atoms with Gasteiger partial charge in [-0.1, -0.05) is 12.1 Å². The Morgan fingerprint density at radius 3 is 2.42 bits per heavy atom. The first kappa shape index (κ1) is 21.6. The van der Waals surface area contributed by atoms with Crippen LogP contribution >= 0.6 is 0 Å². The summed E-state index contributed by atoms with van der Waals surface area (Å²) in [5.74, 6) is -1.89. The van der Waals surface area contributed by atoms with Gasteiger partial charge in [0.25, 0.3) is 0 Å². The van der Waals surface area contributed by atoms with Crippen LogP contribution in [-0.4, -0.2) is 53.3 Å². The fourth-order valence-corrected chi connectivity index (χ4v) is 3.18. The van der Waals surface area contributed by atoms with Crippen LogP contribution < -0.4 is 15.4 Å². The number of nitrogens with one attached hydrogen (secondary N) is 1. The molecule has 0 aliphatic carbocycles. The Labute approximate surface area is 177 Å². The molecular formula is C21H21N3O7. The summed E-state index contributed by atoms with van der Waals surface area (Å²) >= 11 is 0. The average Bonchev–Trinajstić information content (AvgIpc) is 3.07. The van der Waals surface area contributed by atoms with Crippen LogP contribution in [0.1, 0.15) is 16.7 Å². The van der Waals surface area contributed by atoms with Crippen molar-refractivity contribution in [3.05, 3.63) is 59.2 Å². The highest BCUT2D eigenvalue weighted by Gasteiger charge is 2.33. The summed E-state index contributed by atoms with van der Waals surface area (Å²) in [6.45, 7) is 0.224. The SMILES string of the molecule is N=C(N)c1ccc(N2CC(COc3ccc(CC(=O)O)cc3CC(=O)O)OC2=O)cc1. The molecular weight excluding hydrogens is 406 g/mol. The number of nitrogens with two attached hydrogens (primary N) is 1. The van der Waals surface area contributed by atoms with Gasteiger partial charge in [0.15, 0.2) is 6.10 Å². The number of hydrogen-bond donors (Lipinski definition) is 4. The van der Waals surface area contributed by atoms with Crippen molar-refractivity contribution >= 4 is 29.6 Å². The van der Waals surface area contributed by atoms with E-state index in [1.165, 1.54) is 17.0 Å². The van der Waals surface area contributed by atoms with E-state index in [0.29, 0.717) is 22.4 Å². The summed E-state index contributed by atoms with van der Waals surface area (Å²) in [4.78, 5) is 35.7. The van der Waals surface area contributed by atoms with Crippen LogP contribution in [-0.2, 0) is 27.2 Å². The topological polar surface area (TPSA) is 163 Å². The molecule has 1 unspecified atom stereocenters. The molecule has 162 valence electrons. The van der Waals surface area contributed by atoms with E-state index in [-0.39, 0.29) is 37.6 Å². The van der Waals surface area contributed by atoms with E-state index < -0.39 is 24.1 Å². The number of benzene rings is 2. The smallest absolute Gasteiger partial charge is 0.414 e. The molecule has 0 spiro atoms. The summed E-state index contributed by atoms with van der Waals surface area (Å²) < 4.78 is 11.0. The van der Waals surface area contributed by atoms with Crippen LogP contribution in [0.15, 0.2) is 42.5 Å². The third-order valence-electron chi connectivity index (χ3n) is 4.61. The zero-order valence-corrected chi connectivity index (χ0v) is 16.4. The van der Waals surface area contributed by atoms with E-state index in [2.05, 4.69) is 0 Å². The van der Waals surface area contributed by atoms with Crippen molar-refractivity contribution in [3.63, 3.8) is 0 Å². The zero-order valence-electron chi connectivity index (χ0n) is 16.4. The molecule has 1 atom stereocenters. The van der Waals surface area contributed by atoms with Crippen molar-refractivity contribution < 1.29 is 34.1 Å². The lowest BCUT2D eigenvalue weighted by Crippen LogP contribution is -2.26. The molecule has 1 fully saturated rings. The highest BCUT2D eigenvalue weighted by molar-refractivity contribution is 5.96. The standard InChI is InChI=1S/C21H21N3O7/c22-20(23)13-2-4-15(5-3-13)24-10-16(31-21(24)29)11-30-17-6-1-12(8-18(25)26)7-14(17)9-19(27)28/h1-7,16H,8-11H2,(H3,22,23)(H,25,26)(H,27,28). The van der Waals surface area contributed by atoms with Crippen LogP contribution in [0.3, 0.4) is 0 Å². The second-order valence-corrected chi connectivity index (χ2v) is 6.97. The van der Waals surface area contributed by atoms with Gasteiger partial charge < -0.3 is 25.4 Å². The van der Waals surface area contributed by atoms with Crippen molar-refractivity contribution in [3.8, 4) is 5.75 Å². The maximum atomic E-state index is 12.2. The lowest BCUT2D eigenvalue weighted by atomic mass is 10.0. The first-order chi connectivity index (χ1) is 14.7. The predicted octanol–water partition coefficient (Wildman–Crippen LogP) is 1.63. The number of anilines is 1. The number of carbonyl (C=O) groups excluding carboxylic acids is 1. The quantitative estimate of drug-likeness (QED) is 0.346. The predicted molar refractivity (Wildman–Crippen MR) is 110 cm³/mol.